The fourth-order valence-electron chi connectivity index (χ4n) is 3.20. The van der Waals surface area contributed by atoms with E-state index in [1.54, 1.807) is 14.2 Å². The van der Waals surface area contributed by atoms with Gasteiger partial charge in [0.25, 0.3) is 0 Å². The molecule has 1 aromatic carbocycles. The first kappa shape index (κ1) is 26.4. The van der Waals surface area contributed by atoms with Crippen LogP contribution >= 0.6 is 24.0 Å². The molecule has 0 bridgehead atoms. The predicted octanol–water partition coefficient (Wildman–Crippen LogP) is 1.34. The average Bonchev–Trinajstić information content (AvgIpc) is 2.70. The number of hydrogen-bond donors (Lipinski definition) is 2. The molecule has 1 unspecified atom stereocenters. The maximum Gasteiger partial charge on any atom is 0.234 e. The summed E-state index contributed by atoms with van der Waals surface area (Å²) in [4.78, 5) is 20.7. The Hall–Kier alpha value is -1.59. The number of piperazine rings is 1. The highest BCUT2D eigenvalue weighted by molar-refractivity contribution is 14.0. The molecule has 2 N–H and O–H groups in total. The fourth-order valence-corrected chi connectivity index (χ4v) is 3.20. The Labute approximate surface area is 197 Å². The lowest BCUT2D eigenvalue weighted by Crippen LogP contribution is -2.54. The summed E-state index contributed by atoms with van der Waals surface area (Å²) in [5.74, 6) is 1.79. The highest BCUT2D eigenvalue weighted by Crippen LogP contribution is 2.14. The van der Waals surface area contributed by atoms with Crippen molar-refractivity contribution in [1.29, 1.82) is 0 Å². The van der Waals surface area contributed by atoms with E-state index in [-0.39, 0.29) is 36.0 Å². The molecule has 1 aliphatic heterocycles. The van der Waals surface area contributed by atoms with E-state index in [1.165, 1.54) is 5.56 Å². The molecule has 170 valence electrons. The van der Waals surface area contributed by atoms with Gasteiger partial charge in [0, 0.05) is 46.9 Å². The molecule has 9 heteroatoms. The van der Waals surface area contributed by atoms with E-state index in [1.807, 2.05) is 25.1 Å². The van der Waals surface area contributed by atoms with Crippen LogP contribution in [0.1, 0.15) is 12.5 Å². The smallest absolute Gasteiger partial charge is 0.234 e. The third-order valence-corrected chi connectivity index (χ3v) is 4.75. The molecule has 0 aromatic heterocycles. The van der Waals surface area contributed by atoms with Gasteiger partial charge in [0.2, 0.25) is 5.91 Å². The third-order valence-electron chi connectivity index (χ3n) is 4.75. The summed E-state index contributed by atoms with van der Waals surface area (Å²) in [5, 5.41) is 6.27. The molecule has 0 aliphatic carbocycles. The monoisotopic (exact) mass is 533 g/mol. The number of guanidine groups is 1. The van der Waals surface area contributed by atoms with E-state index in [9.17, 15) is 4.79 Å². The van der Waals surface area contributed by atoms with Gasteiger partial charge in [-0.05, 0) is 31.5 Å². The van der Waals surface area contributed by atoms with Gasteiger partial charge in [0.15, 0.2) is 5.96 Å². The van der Waals surface area contributed by atoms with Crippen LogP contribution in [0.5, 0.6) is 5.75 Å². The van der Waals surface area contributed by atoms with Gasteiger partial charge >= 0.3 is 0 Å². The fraction of sp³-hybridized carbons (Fsp3) is 0.619. The Morgan fingerprint density at radius 1 is 1.23 bits per heavy atom. The van der Waals surface area contributed by atoms with Crippen LogP contribution in [0.15, 0.2) is 29.3 Å². The van der Waals surface area contributed by atoms with Crippen LogP contribution in [0.3, 0.4) is 0 Å². The van der Waals surface area contributed by atoms with Gasteiger partial charge in [0.05, 0.1) is 19.7 Å². The number of aliphatic imine (C=N–C) groups is 1. The minimum atomic E-state index is 0. The van der Waals surface area contributed by atoms with Crippen molar-refractivity contribution >= 4 is 35.8 Å². The van der Waals surface area contributed by atoms with Crippen molar-refractivity contribution < 1.29 is 14.3 Å². The lowest BCUT2D eigenvalue weighted by Gasteiger charge is -2.36. The predicted molar refractivity (Wildman–Crippen MR) is 131 cm³/mol. The summed E-state index contributed by atoms with van der Waals surface area (Å²) in [6.07, 6.45) is 0.0191. The molecule has 0 radical (unpaired) electrons. The van der Waals surface area contributed by atoms with E-state index < -0.39 is 0 Å². The molecule has 2 rings (SSSR count). The number of nitrogens with zero attached hydrogens (tertiary/aromatic N) is 3. The van der Waals surface area contributed by atoms with Gasteiger partial charge < -0.3 is 25.0 Å². The molecule has 30 heavy (non-hydrogen) atoms. The lowest BCUT2D eigenvalue weighted by atomic mass is 10.2. The molecule has 1 amide bonds. The quantitative estimate of drug-likeness (QED) is 0.216. The minimum absolute atomic E-state index is 0. The normalized spacial score (nSPS) is 15.9. The summed E-state index contributed by atoms with van der Waals surface area (Å²) >= 11 is 0. The number of methoxy groups -OCH3 is 1. The highest BCUT2D eigenvalue weighted by atomic mass is 127. The van der Waals surface area contributed by atoms with Gasteiger partial charge in [-0.15, -0.1) is 24.0 Å². The molecule has 0 spiro atoms. The number of rotatable bonds is 9. The number of halogens is 1. The third kappa shape index (κ3) is 9.48. The van der Waals surface area contributed by atoms with Gasteiger partial charge in [-0.1, -0.05) is 12.1 Å². The van der Waals surface area contributed by atoms with E-state index in [0.717, 1.165) is 37.9 Å². The lowest BCUT2D eigenvalue weighted by molar-refractivity contribution is -0.122. The molecular formula is C21H36IN5O3. The Bertz CT molecular complexity index is 666. The zero-order chi connectivity index (χ0) is 21.1. The zero-order valence-corrected chi connectivity index (χ0v) is 20.8. The first-order valence-corrected chi connectivity index (χ1v) is 10.2. The maximum absolute atomic E-state index is 11.9. The first-order valence-electron chi connectivity index (χ1n) is 10.2. The number of carbonyl (C=O) groups is 1. The Balaban J connectivity index is 0.00000450. The van der Waals surface area contributed by atoms with Gasteiger partial charge in [0.1, 0.15) is 11.9 Å². The number of aryl methyl sites for hydroxylation is 1. The van der Waals surface area contributed by atoms with Crippen molar-refractivity contribution in [3.8, 4) is 5.75 Å². The van der Waals surface area contributed by atoms with Crippen LogP contribution in [-0.4, -0.2) is 94.3 Å². The molecule has 1 heterocycles. The van der Waals surface area contributed by atoms with Crippen LogP contribution in [0, 0.1) is 6.92 Å². The standard InChI is InChI=1S/C21H35N5O3.HI/c1-17-6-5-7-19(14-17)29-18(2)15-24-21(22-3)26-11-9-25(10-12-26)16-20(27)23-8-13-28-4;/h5-7,14,18H,8-13,15-16H2,1-4H3,(H,22,24)(H,23,27);1H. The summed E-state index contributed by atoms with van der Waals surface area (Å²) in [6, 6.07) is 8.07. The number of nitrogens with one attached hydrogen (secondary N) is 2. The molecular weight excluding hydrogens is 497 g/mol. The Morgan fingerprint density at radius 3 is 2.60 bits per heavy atom. The van der Waals surface area contributed by atoms with Gasteiger partial charge in [-0.2, -0.15) is 0 Å². The van der Waals surface area contributed by atoms with Crippen molar-refractivity contribution in [3.05, 3.63) is 29.8 Å². The van der Waals surface area contributed by atoms with Crippen LogP contribution in [0.2, 0.25) is 0 Å². The minimum Gasteiger partial charge on any atom is -0.489 e. The molecule has 1 saturated heterocycles. The Morgan fingerprint density at radius 2 is 1.97 bits per heavy atom. The van der Waals surface area contributed by atoms with E-state index >= 15 is 0 Å². The SMILES string of the molecule is CN=C(NCC(C)Oc1cccc(C)c1)N1CCN(CC(=O)NCCOC)CC1.I. The summed E-state index contributed by atoms with van der Waals surface area (Å²) in [5.41, 5.74) is 1.18. The second-order valence-electron chi connectivity index (χ2n) is 7.28. The number of amides is 1. The number of hydrogen-bond acceptors (Lipinski definition) is 5. The van der Waals surface area contributed by atoms with Crippen molar-refractivity contribution in [2.45, 2.75) is 20.0 Å². The topological polar surface area (TPSA) is 78.4 Å². The first-order chi connectivity index (χ1) is 14.0. The number of carbonyl (C=O) groups excluding carboxylic acids is 1. The number of ether oxygens (including phenoxy) is 2. The molecule has 1 atom stereocenters. The maximum atomic E-state index is 11.9. The summed E-state index contributed by atoms with van der Waals surface area (Å²) in [6.45, 7) is 9.59. The van der Waals surface area contributed by atoms with Crippen molar-refractivity contribution in [2.75, 3.05) is 66.6 Å². The van der Waals surface area contributed by atoms with Crippen molar-refractivity contribution in [3.63, 3.8) is 0 Å². The van der Waals surface area contributed by atoms with Crippen LogP contribution < -0.4 is 15.4 Å². The van der Waals surface area contributed by atoms with Crippen LogP contribution in [0.4, 0.5) is 0 Å². The van der Waals surface area contributed by atoms with Crippen molar-refractivity contribution in [2.24, 2.45) is 4.99 Å². The highest BCUT2D eigenvalue weighted by Gasteiger charge is 2.21. The molecule has 1 aromatic rings. The van der Waals surface area contributed by atoms with Crippen LogP contribution in [-0.2, 0) is 9.53 Å². The van der Waals surface area contributed by atoms with E-state index in [0.29, 0.717) is 26.2 Å². The second kappa shape index (κ2) is 14.4. The summed E-state index contributed by atoms with van der Waals surface area (Å²) in [7, 11) is 3.42. The van der Waals surface area contributed by atoms with Gasteiger partial charge in [-0.3, -0.25) is 14.7 Å². The van der Waals surface area contributed by atoms with Gasteiger partial charge in [-0.25, -0.2) is 0 Å². The number of benzene rings is 1. The summed E-state index contributed by atoms with van der Waals surface area (Å²) < 4.78 is 10.9. The largest absolute Gasteiger partial charge is 0.489 e. The van der Waals surface area contributed by atoms with Crippen molar-refractivity contribution in [1.82, 2.24) is 20.4 Å². The van der Waals surface area contributed by atoms with E-state index in [2.05, 4.69) is 38.4 Å². The second-order valence-corrected chi connectivity index (χ2v) is 7.28. The Kier molecular flexibility index (Phi) is 12.7. The van der Waals surface area contributed by atoms with E-state index in [4.69, 9.17) is 9.47 Å². The average molecular weight is 533 g/mol. The molecule has 0 saturated carbocycles. The molecule has 1 fully saturated rings. The molecule has 1 aliphatic rings. The van der Waals surface area contributed by atoms with Crippen LogP contribution in [0.25, 0.3) is 0 Å². The molecule has 8 nitrogen and oxygen atoms in total. The zero-order valence-electron chi connectivity index (χ0n) is 18.5.